The minimum Gasteiger partial charge on any atom is -0.364 e. The van der Waals surface area contributed by atoms with E-state index in [0.717, 1.165) is 70.4 Å². The fraction of sp³-hybridized carbons (Fsp3) is 0.667. The molecule has 0 aromatic carbocycles. The van der Waals surface area contributed by atoms with Crippen LogP contribution in [0.5, 0.6) is 0 Å². The van der Waals surface area contributed by atoms with Crippen LogP contribution < -0.4 is 0 Å². The molecular formula is C21H31N5O2. The van der Waals surface area contributed by atoms with Crippen LogP contribution in [0.3, 0.4) is 0 Å². The van der Waals surface area contributed by atoms with Gasteiger partial charge in [0, 0.05) is 49.5 Å². The quantitative estimate of drug-likeness (QED) is 0.765. The normalized spacial score (nSPS) is 19.8. The molecular weight excluding hydrogens is 354 g/mol. The average molecular weight is 386 g/mol. The van der Waals surface area contributed by atoms with Crippen molar-refractivity contribution in [2.45, 2.75) is 71.0 Å². The fourth-order valence-corrected chi connectivity index (χ4v) is 4.56. The van der Waals surface area contributed by atoms with Crippen molar-refractivity contribution >= 4 is 5.91 Å². The molecule has 1 amide bonds. The smallest absolute Gasteiger partial charge is 0.274 e. The predicted octanol–water partition coefficient (Wildman–Crippen LogP) is 2.90. The number of aryl methyl sites for hydroxylation is 1. The Hall–Kier alpha value is -2.15. The Morgan fingerprint density at radius 2 is 2.14 bits per heavy atom. The number of aromatic nitrogens is 3. The number of likely N-dealkylation sites (N-methyl/N-ethyl adjacent to an activating group) is 1. The third-order valence-corrected chi connectivity index (χ3v) is 6.13. The molecule has 2 aromatic rings. The van der Waals surface area contributed by atoms with Crippen LogP contribution in [0.1, 0.15) is 66.5 Å². The second kappa shape index (κ2) is 8.47. The highest BCUT2D eigenvalue weighted by Crippen LogP contribution is 2.29. The van der Waals surface area contributed by atoms with Crippen LogP contribution in [0.25, 0.3) is 0 Å². The zero-order valence-corrected chi connectivity index (χ0v) is 17.1. The molecule has 7 heteroatoms. The van der Waals surface area contributed by atoms with E-state index in [1.165, 1.54) is 17.7 Å². The number of likely N-dealkylation sites (tertiary alicyclic amines) is 1. The van der Waals surface area contributed by atoms with Crippen molar-refractivity contribution in [1.29, 1.82) is 0 Å². The molecule has 1 saturated heterocycles. The Morgan fingerprint density at radius 3 is 2.86 bits per heavy atom. The number of hydrogen-bond acceptors (Lipinski definition) is 5. The molecule has 7 nitrogen and oxygen atoms in total. The van der Waals surface area contributed by atoms with Crippen molar-refractivity contribution in [1.82, 2.24) is 24.7 Å². The van der Waals surface area contributed by atoms with Crippen molar-refractivity contribution in [3.8, 4) is 0 Å². The first-order valence-electron chi connectivity index (χ1n) is 10.6. The Labute approximate surface area is 166 Å². The SMILES string of the molecule is CCCn1nc(C(=O)N2CCCCC2)c2c1CCC(N(C)Cc1ccon1)C2. The number of carbonyl (C=O) groups is 1. The third kappa shape index (κ3) is 3.85. The van der Waals surface area contributed by atoms with Crippen LogP contribution in [0.15, 0.2) is 16.9 Å². The minimum absolute atomic E-state index is 0.130. The van der Waals surface area contributed by atoms with E-state index >= 15 is 0 Å². The van der Waals surface area contributed by atoms with Crippen molar-refractivity contribution in [2.24, 2.45) is 0 Å². The Bertz CT molecular complexity index is 792. The van der Waals surface area contributed by atoms with Gasteiger partial charge in [0.1, 0.15) is 6.26 Å². The maximum atomic E-state index is 13.2. The lowest BCUT2D eigenvalue weighted by Crippen LogP contribution is -2.38. The van der Waals surface area contributed by atoms with Gasteiger partial charge in [-0.1, -0.05) is 12.1 Å². The molecule has 0 radical (unpaired) electrons. The van der Waals surface area contributed by atoms with Crippen molar-refractivity contribution in [3.05, 3.63) is 35.0 Å². The monoisotopic (exact) mass is 385 g/mol. The molecule has 4 rings (SSSR count). The summed E-state index contributed by atoms with van der Waals surface area (Å²) in [6.45, 7) is 5.54. The second-order valence-electron chi connectivity index (χ2n) is 8.15. The van der Waals surface area contributed by atoms with Crippen molar-refractivity contribution in [2.75, 3.05) is 20.1 Å². The molecule has 0 saturated carbocycles. The van der Waals surface area contributed by atoms with Crippen molar-refractivity contribution < 1.29 is 9.32 Å². The molecule has 0 N–H and O–H groups in total. The second-order valence-corrected chi connectivity index (χ2v) is 8.15. The first-order chi connectivity index (χ1) is 13.7. The number of hydrogen-bond donors (Lipinski definition) is 0. The van der Waals surface area contributed by atoms with Gasteiger partial charge in [0.05, 0.1) is 5.69 Å². The van der Waals surface area contributed by atoms with Gasteiger partial charge < -0.3 is 9.42 Å². The molecule has 1 fully saturated rings. The van der Waals surface area contributed by atoms with E-state index in [2.05, 4.69) is 28.7 Å². The lowest BCUT2D eigenvalue weighted by atomic mass is 9.90. The van der Waals surface area contributed by atoms with E-state index in [0.29, 0.717) is 11.7 Å². The topological polar surface area (TPSA) is 67.4 Å². The van der Waals surface area contributed by atoms with Crippen LogP contribution in [0, 0.1) is 0 Å². The molecule has 1 atom stereocenters. The number of carbonyl (C=O) groups excluding carboxylic acids is 1. The van der Waals surface area contributed by atoms with E-state index < -0.39 is 0 Å². The number of nitrogens with zero attached hydrogens (tertiary/aromatic N) is 5. The van der Waals surface area contributed by atoms with Gasteiger partial charge in [-0.05, 0) is 52.0 Å². The van der Waals surface area contributed by atoms with Crippen LogP contribution >= 0.6 is 0 Å². The summed E-state index contributed by atoms with van der Waals surface area (Å²) in [5.74, 6) is 0.130. The Kier molecular flexibility index (Phi) is 5.80. The van der Waals surface area contributed by atoms with Crippen LogP contribution in [-0.2, 0) is 25.9 Å². The molecule has 152 valence electrons. The van der Waals surface area contributed by atoms with E-state index in [-0.39, 0.29) is 5.91 Å². The highest BCUT2D eigenvalue weighted by atomic mass is 16.5. The number of fused-ring (bicyclic) bond motifs is 1. The van der Waals surface area contributed by atoms with Gasteiger partial charge in [-0.2, -0.15) is 5.10 Å². The fourth-order valence-electron chi connectivity index (χ4n) is 4.56. The molecule has 0 bridgehead atoms. The van der Waals surface area contributed by atoms with Crippen LogP contribution in [0.2, 0.25) is 0 Å². The average Bonchev–Trinajstić information content (AvgIpc) is 3.36. The van der Waals surface area contributed by atoms with Gasteiger partial charge in [0.25, 0.3) is 5.91 Å². The highest BCUT2D eigenvalue weighted by Gasteiger charge is 2.32. The Morgan fingerprint density at radius 1 is 1.32 bits per heavy atom. The number of piperidine rings is 1. The first-order valence-corrected chi connectivity index (χ1v) is 10.6. The number of rotatable bonds is 6. The summed E-state index contributed by atoms with van der Waals surface area (Å²) in [7, 11) is 2.13. The summed E-state index contributed by atoms with van der Waals surface area (Å²) in [5.41, 5.74) is 4.09. The van der Waals surface area contributed by atoms with Gasteiger partial charge in [-0.15, -0.1) is 0 Å². The summed E-state index contributed by atoms with van der Waals surface area (Å²) < 4.78 is 7.06. The van der Waals surface area contributed by atoms with Gasteiger partial charge in [-0.25, -0.2) is 0 Å². The molecule has 2 aliphatic rings. The largest absolute Gasteiger partial charge is 0.364 e. The predicted molar refractivity (Wildman–Crippen MR) is 106 cm³/mol. The summed E-state index contributed by atoms with van der Waals surface area (Å²) in [4.78, 5) is 17.6. The van der Waals surface area contributed by atoms with Gasteiger partial charge >= 0.3 is 0 Å². The molecule has 0 spiro atoms. The molecule has 1 aliphatic heterocycles. The zero-order chi connectivity index (χ0) is 19.5. The molecule has 28 heavy (non-hydrogen) atoms. The summed E-state index contributed by atoms with van der Waals surface area (Å²) in [5, 5.41) is 8.84. The zero-order valence-electron chi connectivity index (χ0n) is 17.1. The van der Waals surface area contributed by atoms with E-state index in [9.17, 15) is 4.79 Å². The lowest BCUT2D eigenvalue weighted by molar-refractivity contribution is 0.0715. The third-order valence-electron chi connectivity index (χ3n) is 6.13. The minimum atomic E-state index is 0.130. The van der Waals surface area contributed by atoms with Crippen LogP contribution in [0.4, 0.5) is 0 Å². The highest BCUT2D eigenvalue weighted by molar-refractivity contribution is 5.94. The summed E-state index contributed by atoms with van der Waals surface area (Å²) in [6, 6.07) is 2.30. The van der Waals surface area contributed by atoms with Gasteiger partial charge in [-0.3, -0.25) is 14.4 Å². The van der Waals surface area contributed by atoms with Crippen molar-refractivity contribution in [3.63, 3.8) is 0 Å². The van der Waals surface area contributed by atoms with E-state index in [4.69, 9.17) is 9.62 Å². The van der Waals surface area contributed by atoms with E-state index in [1.807, 2.05) is 11.0 Å². The summed E-state index contributed by atoms with van der Waals surface area (Å²) in [6.07, 6.45) is 9.01. The number of amides is 1. The maximum absolute atomic E-state index is 13.2. The molecule has 3 heterocycles. The molecule has 1 unspecified atom stereocenters. The maximum Gasteiger partial charge on any atom is 0.274 e. The molecule has 1 aliphatic carbocycles. The van der Waals surface area contributed by atoms with E-state index in [1.54, 1.807) is 6.26 Å². The Balaban J connectivity index is 1.56. The van der Waals surface area contributed by atoms with Gasteiger partial charge in [0.2, 0.25) is 0 Å². The lowest BCUT2D eigenvalue weighted by Gasteiger charge is -2.31. The first kappa shape index (κ1) is 19.2. The summed E-state index contributed by atoms with van der Waals surface area (Å²) >= 11 is 0. The van der Waals surface area contributed by atoms with Gasteiger partial charge in [0.15, 0.2) is 5.69 Å². The van der Waals surface area contributed by atoms with Crippen LogP contribution in [-0.4, -0.2) is 56.8 Å². The molecule has 2 aromatic heterocycles. The standard InChI is InChI=1S/C21H31N5O2/c1-3-10-26-19-8-7-17(24(2)15-16-9-13-28-23-16)14-18(19)20(22-26)21(27)25-11-5-4-6-12-25/h9,13,17H,3-8,10-12,14-15H2,1-2H3.